The lowest BCUT2D eigenvalue weighted by atomic mass is 10.2. The van der Waals surface area contributed by atoms with Crippen molar-refractivity contribution in [2.24, 2.45) is 0 Å². The molecule has 2 rings (SSSR count). The van der Waals surface area contributed by atoms with Gasteiger partial charge < -0.3 is 19.9 Å². The molecular weight excluding hydrogens is 310 g/mol. The molecule has 1 aromatic carbocycles. The second kappa shape index (κ2) is 7.45. The molecule has 0 unspecified atom stereocenters. The van der Waals surface area contributed by atoms with E-state index in [-0.39, 0.29) is 24.2 Å². The number of carbonyl (C=O) groups excluding carboxylic acids is 3. The van der Waals surface area contributed by atoms with Gasteiger partial charge in [0.15, 0.2) is 12.4 Å². The zero-order chi connectivity index (χ0) is 17.7. The molecule has 0 saturated heterocycles. The lowest BCUT2D eigenvalue weighted by Gasteiger charge is -2.11. The standard InChI is InChI=1S/C17H19N3O4/c1-11(21)12-8-15(18-9-12)17(23)19-13-4-6-14(7-5-13)24-10-16(22)20(2)3/h4-9,18H,10H2,1-3H3,(H,19,23). The van der Waals surface area contributed by atoms with Crippen LogP contribution in [0.4, 0.5) is 5.69 Å². The third kappa shape index (κ3) is 4.45. The normalized spacial score (nSPS) is 10.1. The molecule has 0 radical (unpaired) electrons. The van der Waals surface area contributed by atoms with Crippen molar-refractivity contribution in [1.29, 1.82) is 0 Å². The molecule has 1 heterocycles. The summed E-state index contributed by atoms with van der Waals surface area (Å²) in [6, 6.07) is 8.16. The number of ketones is 1. The molecule has 0 spiro atoms. The summed E-state index contributed by atoms with van der Waals surface area (Å²) in [7, 11) is 3.31. The van der Waals surface area contributed by atoms with E-state index in [0.717, 1.165) is 0 Å². The molecule has 126 valence electrons. The van der Waals surface area contributed by atoms with Crippen molar-refractivity contribution in [2.75, 3.05) is 26.0 Å². The van der Waals surface area contributed by atoms with E-state index < -0.39 is 0 Å². The summed E-state index contributed by atoms with van der Waals surface area (Å²) in [5.74, 6) is -0.0691. The van der Waals surface area contributed by atoms with Crippen LogP contribution < -0.4 is 10.1 Å². The Morgan fingerprint density at radius 2 is 1.83 bits per heavy atom. The Balaban J connectivity index is 1.94. The molecular formula is C17H19N3O4. The van der Waals surface area contributed by atoms with Gasteiger partial charge >= 0.3 is 0 Å². The highest BCUT2D eigenvalue weighted by molar-refractivity contribution is 6.05. The van der Waals surface area contributed by atoms with Crippen LogP contribution in [0.15, 0.2) is 36.5 Å². The van der Waals surface area contributed by atoms with Gasteiger partial charge in [-0.25, -0.2) is 0 Å². The summed E-state index contributed by atoms with van der Waals surface area (Å²) in [4.78, 5) is 39.0. The number of nitrogens with one attached hydrogen (secondary N) is 2. The fourth-order valence-corrected chi connectivity index (χ4v) is 1.84. The Morgan fingerprint density at radius 1 is 1.17 bits per heavy atom. The van der Waals surface area contributed by atoms with Crippen LogP contribution in [0, 0.1) is 0 Å². The van der Waals surface area contributed by atoms with Crippen LogP contribution in [0.2, 0.25) is 0 Å². The third-order valence-corrected chi connectivity index (χ3v) is 3.31. The minimum absolute atomic E-state index is 0.0466. The van der Waals surface area contributed by atoms with E-state index in [9.17, 15) is 14.4 Å². The van der Waals surface area contributed by atoms with Gasteiger partial charge in [-0.2, -0.15) is 0 Å². The van der Waals surface area contributed by atoms with Gasteiger partial charge in [0.2, 0.25) is 0 Å². The Bertz CT molecular complexity index is 747. The van der Waals surface area contributed by atoms with Crippen LogP contribution in [-0.2, 0) is 4.79 Å². The molecule has 0 atom stereocenters. The lowest BCUT2D eigenvalue weighted by molar-refractivity contribution is -0.130. The van der Waals surface area contributed by atoms with E-state index in [1.165, 1.54) is 24.1 Å². The van der Waals surface area contributed by atoms with Gasteiger partial charge in [0.1, 0.15) is 11.4 Å². The first-order valence-corrected chi connectivity index (χ1v) is 7.30. The van der Waals surface area contributed by atoms with Gasteiger partial charge in [-0.05, 0) is 37.3 Å². The number of amides is 2. The van der Waals surface area contributed by atoms with Crippen molar-refractivity contribution in [1.82, 2.24) is 9.88 Å². The molecule has 0 aliphatic carbocycles. The number of aromatic amines is 1. The van der Waals surface area contributed by atoms with E-state index in [1.54, 1.807) is 38.4 Å². The van der Waals surface area contributed by atoms with Gasteiger partial charge in [-0.15, -0.1) is 0 Å². The largest absolute Gasteiger partial charge is 0.484 e. The second-order valence-electron chi connectivity index (χ2n) is 5.41. The van der Waals surface area contributed by atoms with Crippen molar-refractivity contribution < 1.29 is 19.1 Å². The molecule has 0 fully saturated rings. The van der Waals surface area contributed by atoms with Crippen LogP contribution in [0.25, 0.3) is 0 Å². The van der Waals surface area contributed by atoms with E-state index in [1.807, 2.05) is 0 Å². The predicted octanol–water partition coefficient (Wildman–Crippen LogP) is 1.94. The van der Waals surface area contributed by atoms with Crippen molar-refractivity contribution in [3.8, 4) is 5.75 Å². The molecule has 0 aliphatic rings. The highest BCUT2D eigenvalue weighted by Crippen LogP contribution is 2.16. The maximum atomic E-state index is 12.1. The summed E-state index contributed by atoms with van der Waals surface area (Å²) < 4.78 is 5.36. The van der Waals surface area contributed by atoms with Crippen molar-refractivity contribution in [2.45, 2.75) is 6.92 Å². The van der Waals surface area contributed by atoms with Gasteiger partial charge in [0, 0.05) is 31.5 Å². The fraction of sp³-hybridized carbons (Fsp3) is 0.235. The number of carbonyl (C=O) groups is 3. The average molecular weight is 329 g/mol. The smallest absolute Gasteiger partial charge is 0.272 e. The molecule has 2 aromatic rings. The van der Waals surface area contributed by atoms with Crippen LogP contribution in [-0.4, -0.2) is 48.2 Å². The number of hydrogen-bond donors (Lipinski definition) is 2. The topological polar surface area (TPSA) is 91.5 Å². The monoisotopic (exact) mass is 329 g/mol. The van der Waals surface area contributed by atoms with Crippen LogP contribution in [0.5, 0.6) is 5.75 Å². The first-order valence-electron chi connectivity index (χ1n) is 7.30. The number of likely N-dealkylation sites (N-methyl/N-ethyl adjacent to an activating group) is 1. The minimum atomic E-state index is -0.348. The SMILES string of the molecule is CC(=O)c1c[nH]c(C(=O)Nc2ccc(OCC(=O)N(C)C)cc2)c1. The van der Waals surface area contributed by atoms with Crippen molar-refractivity contribution in [3.63, 3.8) is 0 Å². The number of hydrogen-bond acceptors (Lipinski definition) is 4. The first kappa shape index (κ1) is 17.3. The summed E-state index contributed by atoms with van der Waals surface area (Å²) >= 11 is 0. The van der Waals surface area contributed by atoms with Crippen LogP contribution >= 0.6 is 0 Å². The average Bonchev–Trinajstić information content (AvgIpc) is 3.04. The molecule has 0 aliphatic heterocycles. The lowest BCUT2D eigenvalue weighted by Crippen LogP contribution is -2.27. The second-order valence-corrected chi connectivity index (χ2v) is 5.41. The highest BCUT2D eigenvalue weighted by atomic mass is 16.5. The summed E-state index contributed by atoms with van der Waals surface area (Å²) in [6.07, 6.45) is 1.50. The number of benzene rings is 1. The Morgan fingerprint density at radius 3 is 2.38 bits per heavy atom. The number of nitrogens with zero attached hydrogens (tertiary/aromatic N) is 1. The Labute approximate surface area is 139 Å². The van der Waals surface area contributed by atoms with Gasteiger partial charge in [0.25, 0.3) is 11.8 Å². The van der Waals surface area contributed by atoms with Crippen LogP contribution in [0.1, 0.15) is 27.8 Å². The summed E-state index contributed by atoms with van der Waals surface area (Å²) in [5.41, 5.74) is 1.33. The quantitative estimate of drug-likeness (QED) is 0.792. The molecule has 7 nitrogen and oxygen atoms in total. The molecule has 0 saturated carbocycles. The Hall–Kier alpha value is -3.09. The van der Waals surface area contributed by atoms with Crippen LogP contribution in [0.3, 0.4) is 0 Å². The maximum Gasteiger partial charge on any atom is 0.272 e. The molecule has 2 amide bonds. The number of rotatable bonds is 6. The molecule has 7 heteroatoms. The molecule has 2 N–H and O–H groups in total. The third-order valence-electron chi connectivity index (χ3n) is 3.31. The Kier molecular flexibility index (Phi) is 5.36. The number of ether oxygens (including phenoxy) is 1. The van der Waals surface area contributed by atoms with Gasteiger partial charge in [0.05, 0.1) is 0 Å². The van der Waals surface area contributed by atoms with Crippen molar-refractivity contribution in [3.05, 3.63) is 47.8 Å². The first-order chi connectivity index (χ1) is 11.4. The zero-order valence-electron chi connectivity index (χ0n) is 13.8. The molecule has 0 bridgehead atoms. The fourth-order valence-electron chi connectivity index (χ4n) is 1.84. The van der Waals surface area contributed by atoms with E-state index in [2.05, 4.69) is 10.3 Å². The van der Waals surface area contributed by atoms with E-state index in [4.69, 9.17) is 4.74 Å². The number of anilines is 1. The number of Topliss-reactive ketones (excluding diaryl/α,β-unsaturated/α-hetero) is 1. The summed E-state index contributed by atoms with van der Waals surface area (Å²) in [5, 5.41) is 2.71. The van der Waals surface area contributed by atoms with Gasteiger partial charge in [-0.1, -0.05) is 0 Å². The maximum absolute atomic E-state index is 12.1. The predicted molar refractivity (Wildman–Crippen MR) is 89.4 cm³/mol. The van der Waals surface area contributed by atoms with E-state index >= 15 is 0 Å². The van der Waals surface area contributed by atoms with E-state index in [0.29, 0.717) is 22.7 Å². The summed E-state index contributed by atoms with van der Waals surface area (Å²) in [6.45, 7) is 1.39. The number of H-pyrrole nitrogens is 1. The molecule has 1 aromatic heterocycles. The minimum Gasteiger partial charge on any atom is -0.484 e. The van der Waals surface area contributed by atoms with Gasteiger partial charge in [-0.3, -0.25) is 14.4 Å². The molecule has 24 heavy (non-hydrogen) atoms. The number of aromatic nitrogens is 1. The highest BCUT2D eigenvalue weighted by Gasteiger charge is 2.11. The zero-order valence-corrected chi connectivity index (χ0v) is 13.8. The van der Waals surface area contributed by atoms with Crippen molar-refractivity contribution >= 4 is 23.3 Å².